The first-order valence-corrected chi connectivity index (χ1v) is 9.41. The maximum absolute atomic E-state index is 11.8. The number of benzene rings is 1. The molecule has 4 heteroatoms. The molecule has 0 aromatic heterocycles. The third-order valence-corrected chi connectivity index (χ3v) is 5.56. The van der Waals surface area contributed by atoms with Crippen LogP contribution in [0.15, 0.2) is 42.0 Å². The van der Waals surface area contributed by atoms with Crippen molar-refractivity contribution in [1.82, 2.24) is 0 Å². The molecule has 4 rings (SSSR count). The normalized spacial score (nSPS) is 31.8. The van der Waals surface area contributed by atoms with Crippen molar-refractivity contribution < 1.29 is 19.0 Å². The highest BCUT2D eigenvalue weighted by Crippen LogP contribution is 2.45. The van der Waals surface area contributed by atoms with E-state index in [0.717, 1.165) is 32.3 Å². The Morgan fingerprint density at radius 1 is 1.12 bits per heavy atom. The van der Waals surface area contributed by atoms with Crippen molar-refractivity contribution in [3.05, 3.63) is 47.5 Å². The van der Waals surface area contributed by atoms with E-state index in [9.17, 15) is 4.79 Å². The van der Waals surface area contributed by atoms with Crippen LogP contribution in [0.3, 0.4) is 0 Å². The number of allylic oxidation sites excluding steroid dienone is 1. The molecule has 4 unspecified atom stereocenters. The second-order valence-electron chi connectivity index (χ2n) is 7.34. The van der Waals surface area contributed by atoms with Crippen molar-refractivity contribution in [3.8, 4) is 0 Å². The number of carbonyl (C=O) groups is 1. The van der Waals surface area contributed by atoms with Crippen molar-refractivity contribution in [2.24, 2.45) is 11.8 Å². The van der Waals surface area contributed by atoms with Crippen molar-refractivity contribution >= 4 is 5.78 Å². The molecular formula is C21H26O4. The van der Waals surface area contributed by atoms with Crippen LogP contribution in [0, 0.1) is 11.8 Å². The van der Waals surface area contributed by atoms with Gasteiger partial charge in [0.05, 0.1) is 19.3 Å². The van der Waals surface area contributed by atoms with Gasteiger partial charge in [-0.1, -0.05) is 35.9 Å². The van der Waals surface area contributed by atoms with Gasteiger partial charge in [-0.05, 0) is 43.2 Å². The predicted molar refractivity (Wildman–Crippen MR) is 93.9 cm³/mol. The van der Waals surface area contributed by atoms with Crippen LogP contribution in [0.4, 0.5) is 0 Å². The first-order valence-electron chi connectivity index (χ1n) is 9.41. The Kier molecular flexibility index (Phi) is 5.30. The van der Waals surface area contributed by atoms with E-state index in [-0.39, 0.29) is 30.0 Å². The molecule has 25 heavy (non-hydrogen) atoms. The fourth-order valence-corrected chi connectivity index (χ4v) is 4.27. The number of hydrogen-bond donors (Lipinski definition) is 0. The first-order chi connectivity index (χ1) is 12.3. The molecule has 134 valence electrons. The van der Waals surface area contributed by atoms with Crippen molar-refractivity contribution in [3.63, 3.8) is 0 Å². The summed E-state index contributed by atoms with van der Waals surface area (Å²) in [7, 11) is 0. The monoisotopic (exact) mass is 342 g/mol. The summed E-state index contributed by atoms with van der Waals surface area (Å²) in [6, 6.07) is 10.2. The van der Waals surface area contributed by atoms with Crippen molar-refractivity contribution in [2.45, 2.75) is 51.1 Å². The standard InChI is InChI=1S/C21H26O4/c22-17-10-16-11-20(25-21-8-4-5-9-24-21)19(18(16)12-17)14-23-13-15-6-2-1-3-7-15/h1-3,6-7,10,18-21H,4-5,8-9,11-14H2. The summed E-state index contributed by atoms with van der Waals surface area (Å²) in [4.78, 5) is 11.8. The van der Waals surface area contributed by atoms with E-state index in [1.165, 1.54) is 11.1 Å². The lowest BCUT2D eigenvalue weighted by atomic mass is 9.93. The van der Waals surface area contributed by atoms with Crippen LogP contribution < -0.4 is 0 Å². The zero-order chi connectivity index (χ0) is 17.1. The Morgan fingerprint density at radius 3 is 2.80 bits per heavy atom. The Balaban J connectivity index is 1.38. The number of ketones is 1. The summed E-state index contributed by atoms with van der Waals surface area (Å²) in [5.74, 6) is 0.782. The van der Waals surface area contributed by atoms with E-state index in [1.807, 2.05) is 24.3 Å². The van der Waals surface area contributed by atoms with Gasteiger partial charge >= 0.3 is 0 Å². The molecule has 0 radical (unpaired) electrons. The Bertz CT molecular complexity index is 618. The highest BCUT2D eigenvalue weighted by Gasteiger charge is 2.45. The van der Waals surface area contributed by atoms with Gasteiger partial charge in [-0.25, -0.2) is 0 Å². The van der Waals surface area contributed by atoms with Gasteiger partial charge in [-0.2, -0.15) is 0 Å². The van der Waals surface area contributed by atoms with Crippen LogP contribution >= 0.6 is 0 Å². The van der Waals surface area contributed by atoms with Crippen molar-refractivity contribution in [2.75, 3.05) is 13.2 Å². The molecule has 1 aliphatic heterocycles. The van der Waals surface area contributed by atoms with Gasteiger partial charge in [0, 0.05) is 18.9 Å². The number of rotatable bonds is 6. The molecule has 0 bridgehead atoms. The van der Waals surface area contributed by atoms with Gasteiger partial charge < -0.3 is 14.2 Å². The van der Waals surface area contributed by atoms with E-state index in [0.29, 0.717) is 19.6 Å². The van der Waals surface area contributed by atoms with Gasteiger partial charge in [-0.15, -0.1) is 0 Å². The third kappa shape index (κ3) is 4.02. The Labute approximate surface area is 149 Å². The highest BCUT2D eigenvalue weighted by molar-refractivity contribution is 5.93. The van der Waals surface area contributed by atoms with Gasteiger partial charge in [-0.3, -0.25) is 4.79 Å². The maximum Gasteiger partial charge on any atom is 0.157 e. The molecular weight excluding hydrogens is 316 g/mol. The third-order valence-electron chi connectivity index (χ3n) is 5.56. The molecule has 3 aliphatic rings. The molecule has 0 spiro atoms. The molecule has 1 heterocycles. The van der Waals surface area contributed by atoms with E-state index in [4.69, 9.17) is 14.2 Å². The van der Waals surface area contributed by atoms with Crippen molar-refractivity contribution in [1.29, 1.82) is 0 Å². The maximum atomic E-state index is 11.8. The van der Waals surface area contributed by atoms with E-state index in [1.54, 1.807) is 0 Å². The van der Waals surface area contributed by atoms with Gasteiger partial charge in [0.25, 0.3) is 0 Å². The first kappa shape index (κ1) is 17.0. The molecule has 4 atom stereocenters. The lowest BCUT2D eigenvalue weighted by Gasteiger charge is -2.30. The van der Waals surface area contributed by atoms with Crippen LogP contribution in [-0.4, -0.2) is 31.4 Å². The lowest BCUT2D eigenvalue weighted by Crippen LogP contribution is -2.33. The van der Waals surface area contributed by atoms with Crippen LogP contribution in [0.25, 0.3) is 0 Å². The minimum Gasteiger partial charge on any atom is -0.376 e. The van der Waals surface area contributed by atoms with Gasteiger partial charge in [0.1, 0.15) is 0 Å². The molecule has 1 aromatic carbocycles. The van der Waals surface area contributed by atoms with E-state index in [2.05, 4.69) is 12.1 Å². The number of ether oxygens (including phenoxy) is 3. The quantitative estimate of drug-likeness (QED) is 0.791. The zero-order valence-electron chi connectivity index (χ0n) is 14.6. The number of hydrogen-bond acceptors (Lipinski definition) is 4. The molecule has 0 N–H and O–H groups in total. The Hall–Kier alpha value is -1.49. The van der Waals surface area contributed by atoms with Crippen LogP contribution in [0.5, 0.6) is 0 Å². The van der Waals surface area contributed by atoms with Crippen LogP contribution in [0.1, 0.15) is 37.7 Å². The van der Waals surface area contributed by atoms with Crippen LogP contribution in [-0.2, 0) is 25.6 Å². The van der Waals surface area contributed by atoms with Gasteiger partial charge in [0.2, 0.25) is 0 Å². The molecule has 1 aromatic rings. The average Bonchev–Trinajstić information content (AvgIpc) is 3.13. The zero-order valence-corrected chi connectivity index (χ0v) is 14.6. The summed E-state index contributed by atoms with van der Waals surface area (Å²) in [5, 5.41) is 0. The molecule has 1 saturated heterocycles. The number of fused-ring (bicyclic) bond motifs is 1. The van der Waals surface area contributed by atoms with Crippen LogP contribution in [0.2, 0.25) is 0 Å². The summed E-state index contributed by atoms with van der Waals surface area (Å²) >= 11 is 0. The van der Waals surface area contributed by atoms with E-state index < -0.39 is 0 Å². The molecule has 4 nitrogen and oxygen atoms in total. The summed E-state index contributed by atoms with van der Waals surface area (Å²) in [6.45, 7) is 2.02. The summed E-state index contributed by atoms with van der Waals surface area (Å²) < 4.78 is 18.0. The lowest BCUT2D eigenvalue weighted by molar-refractivity contribution is -0.199. The second kappa shape index (κ2) is 7.81. The molecule has 2 aliphatic carbocycles. The fraction of sp³-hybridized carbons (Fsp3) is 0.571. The van der Waals surface area contributed by atoms with E-state index >= 15 is 0 Å². The fourth-order valence-electron chi connectivity index (χ4n) is 4.27. The largest absolute Gasteiger partial charge is 0.376 e. The van der Waals surface area contributed by atoms with Gasteiger partial charge in [0.15, 0.2) is 12.1 Å². The molecule has 1 saturated carbocycles. The summed E-state index contributed by atoms with van der Waals surface area (Å²) in [5.41, 5.74) is 2.42. The minimum absolute atomic E-state index is 0.0921. The molecule has 2 fully saturated rings. The molecule has 0 amide bonds. The number of carbonyl (C=O) groups excluding carboxylic acids is 1. The smallest absolute Gasteiger partial charge is 0.157 e. The SMILES string of the molecule is O=C1C=C2CC(OC3CCCCO3)C(COCc3ccccc3)C2C1. The predicted octanol–water partition coefficient (Wildman–Crippen LogP) is 3.65. The topological polar surface area (TPSA) is 44.8 Å². The Morgan fingerprint density at radius 2 is 2.00 bits per heavy atom. The minimum atomic E-state index is -0.0921. The second-order valence-corrected chi connectivity index (χ2v) is 7.34. The highest BCUT2D eigenvalue weighted by atomic mass is 16.7. The summed E-state index contributed by atoms with van der Waals surface area (Å²) in [6.07, 6.45) is 6.55. The average molecular weight is 342 g/mol.